The summed E-state index contributed by atoms with van der Waals surface area (Å²) in [6.07, 6.45) is 3.45. The molecule has 4 aromatic rings. The molecule has 2 atom stereocenters. The molecule has 4 heterocycles. The molecule has 5 rings (SSSR count). The summed E-state index contributed by atoms with van der Waals surface area (Å²) in [5.41, 5.74) is 2.85. The van der Waals surface area contributed by atoms with Gasteiger partial charge in [-0.3, -0.25) is 4.98 Å². The van der Waals surface area contributed by atoms with Gasteiger partial charge in [-0.1, -0.05) is 29.8 Å². The molecule has 1 aliphatic rings. The highest BCUT2D eigenvalue weighted by Crippen LogP contribution is 2.41. The van der Waals surface area contributed by atoms with Crippen molar-refractivity contribution in [2.75, 3.05) is 0 Å². The minimum atomic E-state index is -0.180. The SMILES string of the molecule is Cc1c(Cl)cccc1-c1ccc([C@H]2[C@H](c3ccccn3)NC(=S)N2Cc2ccco2)o1. The van der Waals surface area contributed by atoms with Crippen LogP contribution in [0, 0.1) is 6.92 Å². The van der Waals surface area contributed by atoms with Crippen molar-refractivity contribution in [1.29, 1.82) is 0 Å². The van der Waals surface area contributed by atoms with Crippen molar-refractivity contribution in [3.05, 3.63) is 101 Å². The normalized spacial score (nSPS) is 18.4. The van der Waals surface area contributed by atoms with E-state index in [9.17, 15) is 0 Å². The van der Waals surface area contributed by atoms with E-state index in [4.69, 9.17) is 32.7 Å². The molecule has 1 fully saturated rings. The Hall–Kier alpha value is -3.09. The monoisotopic (exact) mass is 449 g/mol. The largest absolute Gasteiger partial charge is 0.467 e. The van der Waals surface area contributed by atoms with Crippen molar-refractivity contribution in [3.8, 4) is 11.3 Å². The van der Waals surface area contributed by atoms with Gasteiger partial charge in [0.25, 0.3) is 0 Å². The van der Waals surface area contributed by atoms with Gasteiger partial charge in [0.15, 0.2) is 5.11 Å². The predicted octanol–water partition coefficient (Wildman–Crippen LogP) is 6.07. The fourth-order valence-corrected chi connectivity index (χ4v) is 4.47. The average molecular weight is 450 g/mol. The molecule has 0 radical (unpaired) electrons. The highest BCUT2D eigenvalue weighted by atomic mass is 35.5. The van der Waals surface area contributed by atoms with Gasteiger partial charge in [-0.25, -0.2) is 0 Å². The molecule has 156 valence electrons. The van der Waals surface area contributed by atoms with E-state index >= 15 is 0 Å². The number of hydrogen-bond acceptors (Lipinski definition) is 4. The molecule has 1 N–H and O–H groups in total. The summed E-state index contributed by atoms with van der Waals surface area (Å²) >= 11 is 12.0. The quantitative estimate of drug-likeness (QED) is 0.373. The van der Waals surface area contributed by atoms with Crippen molar-refractivity contribution < 1.29 is 8.83 Å². The minimum absolute atomic E-state index is 0.150. The van der Waals surface area contributed by atoms with Crippen LogP contribution in [0.4, 0.5) is 0 Å². The summed E-state index contributed by atoms with van der Waals surface area (Å²) < 4.78 is 12.0. The van der Waals surface area contributed by atoms with E-state index < -0.39 is 0 Å². The molecule has 0 saturated carbocycles. The first-order chi connectivity index (χ1) is 15.1. The van der Waals surface area contributed by atoms with Crippen LogP contribution in [0.25, 0.3) is 11.3 Å². The number of benzene rings is 1. The smallest absolute Gasteiger partial charge is 0.170 e. The Kier molecular flexibility index (Phi) is 5.26. The van der Waals surface area contributed by atoms with Crippen LogP contribution in [0.15, 0.2) is 82.0 Å². The molecule has 0 bridgehead atoms. The van der Waals surface area contributed by atoms with Gasteiger partial charge in [0.2, 0.25) is 0 Å². The first-order valence-electron chi connectivity index (χ1n) is 9.97. The summed E-state index contributed by atoms with van der Waals surface area (Å²) in [5.74, 6) is 2.39. The number of furan rings is 2. The summed E-state index contributed by atoms with van der Waals surface area (Å²) in [6, 6.07) is 19.2. The second-order valence-electron chi connectivity index (χ2n) is 7.45. The molecule has 0 amide bonds. The van der Waals surface area contributed by atoms with Crippen LogP contribution >= 0.6 is 23.8 Å². The molecule has 31 heavy (non-hydrogen) atoms. The van der Waals surface area contributed by atoms with E-state index in [1.54, 1.807) is 12.5 Å². The summed E-state index contributed by atoms with van der Waals surface area (Å²) in [4.78, 5) is 6.65. The topological polar surface area (TPSA) is 54.4 Å². The number of rotatable bonds is 5. The van der Waals surface area contributed by atoms with Gasteiger partial charge in [0.05, 0.1) is 24.5 Å². The van der Waals surface area contributed by atoms with E-state index in [-0.39, 0.29) is 12.1 Å². The van der Waals surface area contributed by atoms with E-state index in [0.717, 1.165) is 34.1 Å². The number of pyridine rings is 1. The van der Waals surface area contributed by atoms with Crippen LogP contribution in [0.3, 0.4) is 0 Å². The zero-order chi connectivity index (χ0) is 21.4. The second kappa shape index (κ2) is 8.21. The Balaban J connectivity index is 1.56. The van der Waals surface area contributed by atoms with Crippen LogP contribution in [0.1, 0.15) is 34.9 Å². The molecule has 3 aromatic heterocycles. The van der Waals surface area contributed by atoms with Crippen LogP contribution in [0.2, 0.25) is 5.02 Å². The highest BCUT2D eigenvalue weighted by Gasteiger charge is 2.42. The fraction of sp³-hybridized carbons (Fsp3) is 0.167. The Morgan fingerprint density at radius 3 is 2.77 bits per heavy atom. The molecule has 0 aliphatic carbocycles. The van der Waals surface area contributed by atoms with Gasteiger partial charge in [0, 0.05) is 16.8 Å². The van der Waals surface area contributed by atoms with Crippen molar-refractivity contribution in [3.63, 3.8) is 0 Å². The highest BCUT2D eigenvalue weighted by molar-refractivity contribution is 7.80. The molecule has 7 heteroatoms. The van der Waals surface area contributed by atoms with Gasteiger partial charge in [0.1, 0.15) is 23.3 Å². The number of nitrogens with one attached hydrogen (secondary N) is 1. The summed E-state index contributed by atoms with van der Waals surface area (Å²) in [5, 5.41) is 4.77. The fourth-order valence-electron chi connectivity index (χ4n) is 3.99. The first-order valence-corrected chi connectivity index (χ1v) is 10.8. The Labute approximate surface area is 190 Å². The Morgan fingerprint density at radius 1 is 1.10 bits per heavy atom. The lowest BCUT2D eigenvalue weighted by atomic mass is 10.0. The maximum atomic E-state index is 6.38. The van der Waals surface area contributed by atoms with E-state index in [1.165, 1.54) is 0 Å². The maximum absolute atomic E-state index is 6.38. The first kappa shape index (κ1) is 19.8. The van der Waals surface area contributed by atoms with Gasteiger partial charge >= 0.3 is 0 Å². The lowest BCUT2D eigenvalue weighted by Crippen LogP contribution is -2.28. The van der Waals surface area contributed by atoms with Crippen LogP contribution in [-0.2, 0) is 6.54 Å². The van der Waals surface area contributed by atoms with Gasteiger partial charge in [-0.2, -0.15) is 0 Å². The van der Waals surface area contributed by atoms with Crippen molar-refractivity contribution in [1.82, 2.24) is 15.2 Å². The Morgan fingerprint density at radius 2 is 2.00 bits per heavy atom. The zero-order valence-corrected chi connectivity index (χ0v) is 18.4. The lowest BCUT2D eigenvalue weighted by Gasteiger charge is -2.25. The molecular formula is C24H20ClN3O2S. The maximum Gasteiger partial charge on any atom is 0.170 e. The van der Waals surface area contributed by atoms with Crippen molar-refractivity contribution in [2.45, 2.75) is 25.6 Å². The Bertz CT molecular complexity index is 1210. The number of halogens is 1. The molecule has 5 nitrogen and oxygen atoms in total. The number of hydrogen-bond donors (Lipinski definition) is 1. The lowest BCUT2D eigenvalue weighted by molar-refractivity contribution is 0.253. The van der Waals surface area contributed by atoms with Gasteiger partial charge in [-0.15, -0.1) is 0 Å². The predicted molar refractivity (Wildman–Crippen MR) is 124 cm³/mol. The van der Waals surface area contributed by atoms with E-state index in [1.807, 2.05) is 67.6 Å². The number of aromatic nitrogens is 1. The van der Waals surface area contributed by atoms with Crippen LogP contribution in [0.5, 0.6) is 0 Å². The number of nitrogens with zero attached hydrogens (tertiary/aromatic N) is 2. The molecular weight excluding hydrogens is 430 g/mol. The van der Waals surface area contributed by atoms with Crippen molar-refractivity contribution in [2.24, 2.45) is 0 Å². The third-order valence-corrected chi connectivity index (χ3v) is 6.32. The molecule has 0 unspecified atom stereocenters. The van der Waals surface area contributed by atoms with E-state index in [0.29, 0.717) is 16.7 Å². The third kappa shape index (κ3) is 3.73. The van der Waals surface area contributed by atoms with Gasteiger partial charge < -0.3 is 19.1 Å². The number of thiocarbonyl (C=S) groups is 1. The van der Waals surface area contributed by atoms with Crippen LogP contribution in [-0.4, -0.2) is 15.0 Å². The summed E-state index contributed by atoms with van der Waals surface area (Å²) in [7, 11) is 0. The van der Waals surface area contributed by atoms with Crippen LogP contribution < -0.4 is 5.32 Å². The average Bonchev–Trinajstić information content (AvgIpc) is 3.52. The summed E-state index contributed by atoms with van der Waals surface area (Å²) in [6.45, 7) is 2.52. The molecule has 1 aliphatic heterocycles. The standard InChI is InChI=1S/C24H20ClN3O2S/c1-15-17(7-4-8-18(15)25)20-10-11-21(30-20)23-22(19-9-2-3-12-26-19)27-24(31)28(23)14-16-6-5-13-29-16/h2-13,22-23H,14H2,1H3,(H,27,31)/t22-,23-/m0/s1. The minimum Gasteiger partial charge on any atom is -0.467 e. The molecule has 0 spiro atoms. The third-order valence-electron chi connectivity index (χ3n) is 5.56. The molecule has 1 aromatic carbocycles. The van der Waals surface area contributed by atoms with Gasteiger partial charge in [-0.05, 0) is 67.2 Å². The van der Waals surface area contributed by atoms with Crippen molar-refractivity contribution >= 4 is 28.9 Å². The molecule has 1 saturated heterocycles. The second-order valence-corrected chi connectivity index (χ2v) is 8.24. The zero-order valence-electron chi connectivity index (χ0n) is 16.8. The van der Waals surface area contributed by atoms with E-state index in [2.05, 4.69) is 15.2 Å².